The molecule has 1 aromatic heterocycles. The minimum absolute atomic E-state index is 0.271. The SMILES string of the molecule is COc1ccc(OC)c([C@@H](C)NC(=O)c2cnc3ccccc3n2)c1. The lowest BCUT2D eigenvalue weighted by atomic mass is 10.1. The highest BCUT2D eigenvalue weighted by atomic mass is 16.5. The van der Waals surface area contributed by atoms with Crippen LogP contribution in [0.2, 0.25) is 0 Å². The van der Waals surface area contributed by atoms with E-state index in [1.807, 2.05) is 49.4 Å². The average Bonchev–Trinajstić information content (AvgIpc) is 2.66. The Balaban J connectivity index is 1.84. The van der Waals surface area contributed by atoms with Crippen molar-refractivity contribution < 1.29 is 14.3 Å². The zero-order chi connectivity index (χ0) is 17.8. The van der Waals surface area contributed by atoms with Gasteiger partial charge in [-0.25, -0.2) is 4.98 Å². The number of nitrogens with zero attached hydrogens (tertiary/aromatic N) is 2. The fourth-order valence-corrected chi connectivity index (χ4v) is 2.59. The molecule has 0 saturated heterocycles. The van der Waals surface area contributed by atoms with Gasteiger partial charge in [0.1, 0.15) is 17.2 Å². The number of aromatic nitrogens is 2. The molecule has 3 aromatic rings. The molecule has 3 rings (SSSR count). The quantitative estimate of drug-likeness (QED) is 0.774. The van der Waals surface area contributed by atoms with E-state index < -0.39 is 0 Å². The molecule has 0 radical (unpaired) electrons. The Labute approximate surface area is 145 Å². The molecular weight excluding hydrogens is 318 g/mol. The van der Waals surface area contributed by atoms with Crippen LogP contribution < -0.4 is 14.8 Å². The van der Waals surface area contributed by atoms with Crippen LogP contribution in [0.3, 0.4) is 0 Å². The molecule has 0 aliphatic rings. The highest BCUT2D eigenvalue weighted by Crippen LogP contribution is 2.29. The second-order valence-corrected chi connectivity index (χ2v) is 5.55. The first kappa shape index (κ1) is 16.7. The van der Waals surface area contributed by atoms with Crippen LogP contribution in [0.4, 0.5) is 0 Å². The molecule has 0 saturated carbocycles. The molecule has 2 aromatic carbocycles. The van der Waals surface area contributed by atoms with E-state index >= 15 is 0 Å². The molecule has 1 N–H and O–H groups in total. The van der Waals surface area contributed by atoms with Crippen molar-refractivity contribution in [1.29, 1.82) is 0 Å². The molecule has 128 valence electrons. The Morgan fingerprint density at radius 3 is 2.56 bits per heavy atom. The summed E-state index contributed by atoms with van der Waals surface area (Å²) in [6, 6.07) is 12.6. The van der Waals surface area contributed by atoms with Gasteiger partial charge in [0.25, 0.3) is 5.91 Å². The number of amides is 1. The number of para-hydroxylation sites is 2. The highest BCUT2D eigenvalue weighted by Gasteiger charge is 2.17. The summed E-state index contributed by atoms with van der Waals surface area (Å²) in [6.07, 6.45) is 1.48. The van der Waals surface area contributed by atoms with Crippen molar-refractivity contribution in [3.05, 3.63) is 59.9 Å². The number of rotatable bonds is 5. The van der Waals surface area contributed by atoms with Gasteiger partial charge >= 0.3 is 0 Å². The maximum absolute atomic E-state index is 12.5. The Kier molecular flexibility index (Phi) is 4.79. The number of ether oxygens (including phenoxy) is 2. The van der Waals surface area contributed by atoms with E-state index in [9.17, 15) is 4.79 Å². The third-order valence-corrected chi connectivity index (χ3v) is 3.93. The van der Waals surface area contributed by atoms with Crippen LogP contribution in [0.1, 0.15) is 29.0 Å². The van der Waals surface area contributed by atoms with Gasteiger partial charge < -0.3 is 14.8 Å². The number of benzene rings is 2. The zero-order valence-electron chi connectivity index (χ0n) is 14.3. The first-order valence-corrected chi connectivity index (χ1v) is 7.87. The average molecular weight is 337 g/mol. The van der Waals surface area contributed by atoms with Gasteiger partial charge in [-0.2, -0.15) is 0 Å². The van der Waals surface area contributed by atoms with Gasteiger partial charge in [-0.1, -0.05) is 12.1 Å². The molecule has 0 bridgehead atoms. The van der Waals surface area contributed by atoms with E-state index in [0.717, 1.165) is 11.1 Å². The second-order valence-electron chi connectivity index (χ2n) is 5.55. The van der Waals surface area contributed by atoms with Gasteiger partial charge in [0, 0.05) is 5.56 Å². The fourth-order valence-electron chi connectivity index (χ4n) is 2.59. The van der Waals surface area contributed by atoms with E-state index in [2.05, 4.69) is 15.3 Å². The van der Waals surface area contributed by atoms with Gasteiger partial charge in [-0.15, -0.1) is 0 Å². The standard InChI is InChI=1S/C19H19N3O3/c1-12(14-10-13(24-2)8-9-18(14)25-3)21-19(23)17-11-20-15-6-4-5-7-16(15)22-17/h4-12H,1-3H3,(H,21,23)/t12-/m1/s1. The summed E-state index contributed by atoms with van der Waals surface area (Å²) in [4.78, 5) is 21.2. The highest BCUT2D eigenvalue weighted by molar-refractivity contribution is 5.94. The normalized spacial score (nSPS) is 11.8. The molecule has 0 aliphatic heterocycles. The Morgan fingerprint density at radius 2 is 1.84 bits per heavy atom. The molecule has 1 atom stereocenters. The first-order valence-electron chi connectivity index (χ1n) is 7.87. The van der Waals surface area contributed by atoms with Crippen molar-refractivity contribution in [1.82, 2.24) is 15.3 Å². The molecule has 6 heteroatoms. The van der Waals surface area contributed by atoms with E-state index in [-0.39, 0.29) is 17.6 Å². The predicted molar refractivity (Wildman–Crippen MR) is 95.0 cm³/mol. The summed E-state index contributed by atoms with van der Waals surface area (Å²) in [5.74, 6) is 1.08. The van der Waals surface area contributed by atoms with Crippen LogP contribution in [-0.2, 0) is 0 Å². The van der Waals surface area contributed by atoms with E-state index in [4.69, 9.17) is 9.47 Å². The summed E-state index contributed by atoms with van der Waals surface area (Å²) in [5.41, 5.74) is 2.53. The minimum Gasteiger partial charge on any atom is -0.497 e. The van der Waals surface area contributed by atoms with Crippen LogP contribution in [0.15, 0.2) is 48.7 Å². The van der Waals surface area contributed by atoms with Crippen LogP contribution in [0.25, 0.3) is 11.0 Å². The van der Waals surface area contributed by atoms with Crippen molar-refractivity contribution in [2.45, 2.75) is 13.0 Å². The number of hydrogen-bond donors (Lipinski definition) is 1. The van der Waals surface area contributed by atoms with Gasteiger partial charge in [-0.3, -0.25) is 9.78 Å². The number of hydrogen-bond acceptors (Lipinski definition) is 5. The fraction of sp³-hybridized carbons (Fsp3) is 0.211. The lowest BCUT2D eigenvalue weighted by Gasteiger charge is -2.18. The Bertz CT molecular complexity index is 911. The van der Waals surface area contributed by atoms with E-state index in [1.54, 1.807) is 14.2 Å². The third-order valence-electron chi connectivity index (χ3n) is 3.93. The van der Waals surface area contributed by atoms with Gasteiger partial charge in [0.05, 0.1) is 37.5 Å². The molecule has 6 nitrogen and oxygen atoms in total. The topological polar surface area (TPSA) is 73.3 Å². The maximum atomic E-state index is 12.5. The van der Waals surface area contributed by atoms with Crippen molar-refractivity contribution in [2.75, 3.05) is 14.2 Å². The molecule has 0 unspecified atom stereocenters. The molecule has 0 fully saturated rings. The number of carbonyl (C=O) groups is 1. The number of nitrogens with one attached hydrogen (secondary N) is 1. The van der Waals surface area contributed by atoms with Crippen molar-refractivity contribution in [3.8, 4) is 11.5 Å². The van der Waals surface area contributed by atoms with Crippen molar-refractivity contribution in [2.24, 2.45) is 0 Å². The van der Waals surface area contributed by atoms with Gasteiger partial charge in [0.2, 0.25) is 0 Å². The summed E-state index contributed by atoms with van der Waals surface area (Å²) >= 11 is 0. The maximum Gasteiger partial charge on any atom is 0.271 e. The lowest BCUT2D eigenvalue weighted by molar-refractivity contribution is 0.0934. The molecule has 0 aliphatic carbocycles. The molecule has 0 spiro atoms. The summed E-state index contributed by atoms with van der Waals surface area (Å²) < 4.78 is 10.6. The monoisotopic (exact) mass is 337 g/mol. The van der Waals surface area contributed by atoms with Crippen LogP contribution in [0, 0.1) is 0 Å². The molecular formula is C19H19N3O3. The van der Waals surface area contributed by atoms with E-state index in [0.29, 0.717) is 17.0 Å². The summed E-state index contributed by atoms with van der Waals surface area (Å²) in [6.45, 7) is 1.88. The molecule has 1 amide bonds. The lowest BCUT2D eigenvalue weighted by Crippen LogP contribution is -2.28. The first-order chi connectivity index (χ1) is 12.1. The van der Waals surface area contributed by atoms with Crippen molar-refractivity contribution in [3.63, 3.8) is 0 Å². The summed E-state index contributed by atoms with van der Waals surface area (Å²) in [7, 11) is 3.19. The third kappa shape index (κ3) is 3.52. The van der Waals surface area contributed by atoms with Gasteiger partial charge in [0.15, 0.2) is 0 Å². The molecule has 25 heavy (non-hydrogen) atoms. The zero-order valence-corrected chi connectivity index (χ0v) is 14.3. The predicted octanol–water partition coefficient (Wildman–Crippen LogP) is 3.14. The van der Waals surface area contributed by atoms with Gasteiger partial charge in [-0.05, 0) is 37.3 Å². The second kappa shape index (κ2) is 7.17. The minimum atomic E-state index is -0.296. The largest absolute Gasteiger partial charge is 0.497 e. The molecule has 1 heterocycles. The number of methoxy groups -OCH3 is 2. The Hall–Kier alpha value is -3.15. The Morgan fingerprint density at radius 1 is 1.08 bits per heavy atom. The van der Waals surface area contributed by atoms with Crippen molar-refractivity contribution >= 4 is 16.9 Å². The van der Waals surface area contributed by atoms with Crippen LogP contribution >= 0.6 is 0 Å². The summed E-state index contributed by atoms with van der Waals surface area (Å²) in [5, 5.41) is 2.93. The number of carbonyl (C=O) groups excluding carboxylic acids is 1. The van der Waals surface area contributed by atoms with E-state index in [1.165, 1.54) is 6.20 Å². The van der Waals surface area contributed by atoms with Crippen LogP contribution in [0.5, 0.6) is 11.5 Å². The smallest absolute Gasteiger partial charge is 0.271 e. The van der Waals surface area contributed by atoms with Crippen LogP contribution in [-0.4, -0.2) is 30.1 Å². The number of fused-ring (bicyclic) bond motifs is 1.